The summed E-state index contributed by atoms with van der Waals surface area (Å²) in [5.41, 5.74) is 2.10. The topological polar surface area (TPSA) is 76.9 Å². The predicted octanol–water partition coefficient (Wildman–Crippen LogP) is 2.77. The van der Waals surface area contributed by atoms with Crippen LogP contribution in [0.1, 0.15) is 23.0 Å². The van der Waals surface area contributed by atoms with Crippen LogP contribution in [0.5, 0.6) is 5.75 Å². The van der Waals surface area contributed by atoms with Crippen LogP contribution < -0.4 is 4.74 Å². The van der Waals surface area contributed by atoms with Gasteiger partial charge in [0.05, 0.1) is 18.5 Å². The Kier molecular flexibility index (Phi) is 7.36. The van der Waals surface area contributed by atoms with E-state index < -0.39 is 5.97 Å². The summed E-state index contributed by atoms with van der Waals surface area (Å²) >= 11 is 0. The van der Waals surface area contributed by atoms with E-state index in [2.05, 4.69) is 22.1 Å². The van der Waals surface area contributed by atoms with Gasteiger partial charge in [-0.15, -0.1) is 0 Å². The van der Waals surface area contributed by atoms with Crippen molar-refractivity contribution in [2.45, 2.75) is 13.5 Å². The Labute approximate surface area is 193 Å². The van der Waals surface area contributed by atoms with Crippen LogP contribution in [-0.2, 0) is 16.1 Å². The van der Waals surface area contributed by atoms with Crippen LogP contribution in [0.2, 0.25) is 0 Å². The quantitative estimate of drug-likeness (QED) is 0.493. The van der Waals surface area contributed by atoms with Gasteiger partial charge < -0.3 is 14.4 Å². The molecule has 1 aromatic heterocycles. The van der Waals surface area contributed by atoms with Crippen molar-refractivity contribution in [3.63, 3.8) is 0 Å². The van der Waals surface area contributed by atoms with Crippen LogP contribution in [0.4, 0.5) is 0 Å². The molecule has 1 aliphatic rings. The molecule has 1 fully saturated rings. The van der Waals surface area contributed by atoms with E-state index in [9.17, 15) is 9.59 Å². The van der Waals surface area contributed by atoms with Crippen LogP contribution in [0.15, 0.2) is 66.9 Å². The maximum absolute atomic E-state index is 12.8. The minimum absolute atomic E-state index is 0.0567. The highest BCUT2D eigenvalue weighted by molar-refractivity contribution is 5.90. The number of carbonyl (C=O) groups is 2. The molecule has 0 radical (unpaired) electrons. The van der Waals surface area contributed by atoms with E-state index in [1.807, 2.05) is 48.5 Å². The van der Waals surface area contributed by atoms with Crippen molar-refractivity contribution in [2.75, 3.05) is 39.4 Å². The molecule has 2 heterocycles. The molecule has 0 saturated carbocycles. The number of para-hydroxylation sites is 1. The second kappa shape index (κ2) is 10.8. The standard InChI is InChI=1S/C25H28N4O4/c1-2-32-25(31)24-22(18-29(26-24)21-11-7-4-8-12-21)33-19-23(30)28-15-13-27(14-16-28)17-20-9-5-3-6-10-20/h3-12,18H,2,13-17,19H2,1H3. The highest BCUT2D eigenvalue weighted by Gasteiger charge is 2.24. The zero-order valence-electron chi connectivity index (χ0n) is 18.7. The fraction of sp³-hybridized carbons (Fsp3) is 0.320. The lowest BCUT2D eigenvalue weighted by atomic mass is 10.2. The molecule has 8 heteroatoms. The zero-order chi connectivity index (χ0) is 23.0. The summed E-state index contributed by atoms with van der Waals surface area (Å²) in [5.74, 6) is -0.464. The molecule has 172 valence electrons. The van der Waals surface area contributed by atoms with E-state index in [-0.39, 0.29) is 30.6 Å². The van der Waals surface area contributed by atoms with Gasteiger partial charge in [-0.1, -0.05) is 48.5 Å². The van der Waals surface area contributed by atoms with Crippen molar-refractivity contribution in [3.05, 3.63) is 78.1 Å². The fourth-order valence-corrected chi connectivity index (χ4v) is 3.75. The first-order valence-electron chi connectivity index (χ1n) is 11.1. The van der Waals surface area contributed by atoms with Gasteiger partial charge in [0.15, 0.2) is 12.4 Å². The molecule has 0 unspecified atom stereocenters. The second-order valence-electron chi connectivity index (χ2n) is 7.77. The van der Waals surface area contributed by atoms with E-state index in [4.69, 9.17) is 9.47 Å². The number of hydrogen-bond acceptors (Lipinski definition) is 6. The summed E-state index contributed by atoms with van der Waals surface area (Å²) < 4.78 is 12.4. The molecule has 1 saturated heterocycles. The van der Waals surface area contributed by atoms with E-state index >= 15 is 0 Å². The number of benzene rings is 2. The third kappa shape index (κ3) is 5.78. The molecule has 0 atom stereocenters. The second-order valence-corrected chi connectivity index (χ2v) is 7.77. The Balaban J connectivity index is 1.35. The summed E-state index contributed by atoms with van der Waals surface area (Å²) in [5, 5.41) is 4.32. The highest BCUT2D eigenvalue weighted by atomic mass is 16.5. The van der Waals surface area contributed by atoms with Crippen molar-refractivity contribution in [1.82, 2.24) is 19.6 Å². The van der Waals surface area contributed by atoms with Crippen molar-refractivity contribution < 1.29 is 19.1 Å². The number of ether oxygens (including phenoxy) is 2. The molecular weight excluding hydrogens is 420 g/mol. The minimum Gasteiger partial charge on any atom is -0.480 e. The van der Waals surface area contributed by atoms with Crippen molar-refractivity contribution in [1.29, 1.82) is 0 Å². The third-order valence-corrected chi connectivity index (χ3v) is 5.50. The average molecular weight is 449 g/mol. The molecule has 8 nitrogen and oxygen atoms in total. The van der Waals surface area contributed by atoms with Crippen LogP contribution in [0.25, 0.3) is 5.69 Å². The maximum atomic E-state index is 12.8. The van der Waals surface area contributed by atoms with E-state index in [0.717, 1.165) is 25.3 Å². The molecular formula is C25H28N4O4. The Morgan fingerprint density at radius 3 is 2.27 bits per heavy atom. The summed E-state index contributed by atoms with van der Waals surface area (Å²) in [4.78, 5) is 29.3. The van der Waals surface area contributed by atoms with Crippen LogP contribution >= 0.6 is 0 Å². The van der Waals surface area contributed by atoms with Gasteiger partial charge in [-0.05, 0) is 24.6 Å². The van der Waals surface area contributed by atoms with Crippen LogP contribution in [0.3, 0.4) is 0 Å². The Hall–Kier alpha value is -3.65. The third-order valence-electron chi connectivity index (χ3n) is 5.50. The van der Waals surface area contributed by atoms with Crippen LogP contribution in [0, 0.1) is 0 Å². The number of nitrogens with zero attached hydrogens (tertiary/aromatic N) is 4. The summed E-state index contributed by atoms with van der Waals surface area (Å²) in [6.45, 7) is 5.57. The number of aromatic nitrogens is 2. The molecule has 0 bridgehead atoms. The molecule has 2 aromatic carbocycles. The number of carbonyl (C=O) groups excluding carboxylic acids is 2. The molecule has 0 spiro atoms. The van der Waals surface area contributed by atoms with Gasteiger partial charge in [-0.25, -0.2) is 9.48 Å². The van der Waals surface area contributed by atoms with Gasteiger partial charge in [0, 0.05) is 32.7 Å². The summed E-state index contributed by atoms with van der Waals surface area (Å²) in [6, 6.07) is 19.7. The van der Waals surface area contributed by atoms with Crippen molar-refractivity contribution in [3.8, 4) is 11.4 Å². The molecule has 0 N–H and O–H groups in total. The highest BCUT2D eigenvalue weighted by Crippen LogP contribution is 2.21. The fourth-order valence-electron chi connectivity index (χ4n) is 3.75. The molecule has 3 aromatic rings. The number of rotatable bonds is 8. The van der Waals surface area contributed by atoms with E-state index in [1.54, 1.807) is 22.7 Å². The monoisotopic (exact) mass is 448 g/mol. The minimum atomic E-state index is -0.579. The normalized spacial score (nSPS) is 14.2. The zero-order valence-corrected chi connectivity index (χ0v) is 18.7. The first-order chi connectivity index (χ1) is 16.1. The lowest BCUT2D eigenvalue weighted by Gasteiger charge is -2.34. The lowest BCUT2D eigenvalue weighted by Crippen LogP contribution is -2.49. The van der Waals surface area contributed by atoms with E-state index in [1.165, 1.54) is 5.56 Å². The number of esters is 1. The van der Waals surface area contributed by atoms with Crippen LogP contribution in [-0.4, -0.2) is 70.8 Å². The predicted molar refractivity (Wildman–Crippen MR) is 123 cm³/mol. The smallest absolute Gasteiger partial charge is 0.362 e. The van der Waals surface area contributed by atoms with Gasteiger partial charge in [0.25, 0.3) is 5.91 Å². The molecule has 1 amide bonds. The Bertz CT molecular complexity index is 1060. The molecule has 0 aliphatic carbocycles. The van der Waals surface area contributed by atoms with Gasteiger partial charge in [-0.2, -0.15) is 5.10 Å². The first kappa shape index (κ1) is 22.5. The number of amides is 1. The number of hydrogen-bond donors (Lipinski definition) is 0. The largest absolute Gasteiger partial charge is 0.480 e. The van der Waals surface area contributed by atoms with Gasteiger partial charge in [0.1, 0.15) is 0 Å². The Morgan fingerprint density at radius 2 is 1.61 bits per heavy atom. The summed E-state index contributed by atoms with van der Waals surface area (Å²) in [6.07, 6.45) is 1.60. The lowest BCUT2D eigenvalue weighted by molar-refractivity contribution is -0.135. The SMILES string of the molecule is CCOC(=O)c1nn(-c2ccccc2)cc1OCC(=O)N1CCN(Cc2ccccc2)CC1. The van der Waals surface area contributed by atoms with Gasteiger partial charge >= 0.3 is 5.97 Å². The van der Waals surface area contributed by atoms with Crippen molar-refractivity contribution >= 4 is 11.9 Å². The van der Waals surface area contributed by atoms with Gasteiger partial charge in [-0.3, -0.25) is 9.69 Å². The maximum Gasteiger partial charge on any atom is 0.362 e. The molecule has 33 heavy (non-hydrogen) atoms. The van der Waals surface area contributed by atoms with Gasteiger partial charge in [0.2, 0.25) is 5.69 Å². The number of piperazine rings is 1. The van der Waals surface area contributed by atoms with E-state index in [0.29, 0.717) is 13.1 Å². The summed E-state index contributed by atoms with van der Waals surface area (Å²) in [7, 11) is 0. The Morgan fingerprint density at radius 1 is 0.939 bits per heavy atom. The van der Waals surface area contributed by atoms with Crippen molar-refractivity contribution in [2.24, 2.45) is 0 Å². The first-order valence-corrected chi connectivity index (χ1v) is 11.1. The molecule has 4 rings (SSSR count). The molecule has 1 aliphatic heterocycles. The average Bonchev–Trinajstić information content (AvgIpc) is 3.29.